The Balaban J connectivity index is 2.43. The van der Waals surface area contributed by atoms with Crippen molar-refractivity contribution in [3.8, 4) is 0 Å². The summed E-state index contributed by atoms with van der Waals surface area (Å²) in [5.41, 5.74) is 1.05. The molecule has 0 spiro atoms. The second-order valence-corrected chi connectivity index (χ2v) is 6.16. The highest BCUT2D eigenvalue weighted by Gasteiger charge is 2.29. The Labute approximate surface area is 109 Å². The van der Waals surface area contributed by atoms with Gasteiger partial charge in [-0.2, -0.15) is 0 Å². The molecule has 0 aliphatic carbocycles. The fourth-order valence-corrected chi connectivity index (χ4v) is 3.45. The molecular formula is C12H14BrNOS. The lowest BCUT2D eigenvalue weighted by atomic mass is 10.2. The quantitative estimate of drug-likeness (QED) is 0.830. The summed E-state index contributed by atoms with van der Waals surface area (Å²) in [4.78, 5) is 15.2. The minimum absolute atomic E-state index is 0.0216. The molecule has 1 atom stereocenters. The van der Waals surface area contributed by atoms with Gasteiger partial charge in [-0.05, 0) is 31.5 Å². The van der Waals surface area contributed by atoms with Crippen molar-refractivity contribution in [3.05, 3.63) is 22.7 Å². The molecule has 1 amide bonds. The lowest BCUT2D eigenvalue weighted by molar-refractivity contribution is -0.118. The number of thioether (sulfide) groups is 1. The van der Waals surface area contributed by atoms with E-state index in [1.807, 2.05) is 24.0 Å². The smallest absolute Gasteiger partial charge is 0.240 e. The lowest BCUT2D eigenvalue weighted by Crippen LogP contribution is -2.40. The molecule has 1 aliphatic heterocycles. The van der Waals surface area contributed by atoms with E-state index in [0.29, 0.717) is 0 Å². The molecule has 0 N–H and O–H groups in total. The molecule has 0 aromatic heterocycles. The maximum atomic E-state index is 12.1. The molecule has 2 rings (SSSR count). The summed E-state index contributed by atoms with van der Waals surface area (Å²) in [6.45, 7) is 4.87. The van der Waals surface area contributed by atoms with E-state index in [2.05, 4.69) is 28.9 Å². The van der Waals surface area contributed by atoms with Gasteiger partial charge in [-0.25, -0.2) is 0 Å². The van der Waals surface area contributed by atoms with Gasteiger partial charge in [0.25, 0.3) is 0 Å². The number of hydrogen-bond donors (Lipinski definition) is 0. The zero-order valence-electron chi connectivity index (χ0n) is 9.37. The van der Waals surface area contributed by atoms with Gasteiger partial charge in [-0.1, -0.05) is 22.9 Å². The van der Waals surface area contributed by atoms with E-state index in [1.54, 1.807) is 11.8 Å². The number of halogens is 1. The average Bonchev–Trinajstić information content (AvgIpc) is 2.24. The van der Waals surface area contributed by atoms with Crippen LogP contribution in [0, 0.1) is 0 Å². The van der Waals surface area contributed by atoms with Crippen LogP contribution in [0.4, 0.5) is 5.69 Å². The van der Waals surface area contributed by atoms with Crippen LogP contribution in [0.5, 0.6) is 0 Å². The van der Waals surface area contributed by atoms with Crippen molar-refractivity contribution in [3.63, 3.8) is 0 Å². The van der Waals surface area contributed by atoms with Gasteiger partial charge in [0, 0.05) is 15.9 Å². The molecule has 1 aromatic rings. The first kappa shape index (κ1) is 12.0. The van der Waals surface area contributed by atoms with Crippen molar-refractivity contribution >= 4 is 39.3 Å². The largest absolute Gasteiger partial charge is 0.310 e. The number of carbonyl (C=O) groups excluding carboxylic acids is 1. The van der Waals surface area contributed by atoms with Crippen molar-refractivity contribution in [1.82, 2.24) is 0 Å². The molecule has 2 nitrogen and oxygen atoms in total. The Morgan fingerprint density at radius 1 is 1.50 bits per heavy atom. The Kier molecular flexibility index (Phi) is 3.60. The van der Waals surface area contributed by atoms with E-state index in [4.69, 9.17) is 0 Å². The molecule has 0 saturated heterocycles. The molecule has 1 aromatic carbocycles. The van der Waals surface area contributed by atoms with Gasteiger partial charge in [-0.15, -0.1) is 11.8 Å². The minimum atomic E-state index is 0.0216. The first-order valence-electron chi connectivity index (χ1n) is 5.41. The second-order valence-electron chi connectivity index (χ2n) is 3.86. The maximum absolute atomic E-state index is 12.1. The highest BCUT2D eigenvalue weighted by molar-refractivity contribution is 9.10. The van der Waals surface area contributed by atoms with Crippen LogP contribution >= 0.6 is 27.7 Å². The zero-order chi connectivity index (χ0) is 11.7. The van der Waals surface area contributed by atoms with Crippen molar-refractivity contribution in [2.24, 2.45) is 0 Å². The molecule has 0 saturated carbocycles. The number of benzene rings is 1. The fourth-order valence-electron chi connectivity index (χ4n) is 1.84. The number of fused-ring (bicyclic) bond motifs is 1. The van der Waals surface area contributed by atoms with Crippen LogP contribution in [-0.2, 0) is 4.79 Å². The SMILES string of the molecule is CCCN1C(=O)C(C)Sc2cc(Br)ccc21. The molecule has 4 heteroatoms. The molecule has 1 unspecified atom stereocenters. The number of amides is 1. The number of carbonyl (C=O) groups is 1. The van der Waals surface area contributed by atoms with E-state index >= 15 is 0 Å². The van der Waals surface area contributed by atoms with Gasteiger partial charge in [0.05, 0.1) is 10.9 Å². The molecule has 0 bridgehead atoms. The van der Waals surface area contributed by atoms with Crippen LogP contribution in [0.2, 0.25) is 0 Å². The molecule has 0 fully saturated rings. The summed E-state index contributed by atoms with van der Waals surface area (Å²) in [5, 5.41) is 0.0216. The van der Waals surface area contributed by atoms with Gasteiger partial charge < -0.3 is 4.90 Å². The summed E-state index contributed by atoms with van der Waals surface area (Å²) in [6, 6.07) is 6.10. The monoisotopic (exact) mass is 299 g/mol. The third-order valence-electron chi connectivity index (χ3n) is 2.58. The van der Waals surface area contributed by atoms with E-state index < -0.39 is 0 Å². The number of nitrogens with zero attached hydrogens (tertiary/aromatic N) is 1. The Morgan fingerprint density at radius 3 is 2.94 bits per heavy atom. The average molecular weight is 300 g/mol. The molecule has 1 heterocycles. The molecule has 16 heavy (non-hydrogen) atoms. The Hall–Kier alpha value is -0.480. The molecule has 0 radical (unpaired) electrons. The van der Waals surface area contributed by atoms with E-state index in [0.717, 1.165) is 23.1 Å². The first-order chi connectivity index (χ1) is 7.63. The first-order valence-corrected chi connectivity index (χ1v) is 7.08. The number of anilines is 1. The summed E-state index contributed by atoms with van der Waals surface area (Å²) < 4.78 is 1.07. The second kappa shape index (κ2) is 4.80. The Morgan fingerprint density at radius 2 is 2.25 bits per heavy atom. The van der Waals surface area contributed by atoms with Gasteiger partial charge in [-0.3, -0.25) is 4.79 Å². The highest BCUT2D eigenvalue weighted by Crippen LogP contribution is 2.40. The lowest BCUT2D eigenvalue weighted by Gasteiger charge is -2.32. The molecular weight excluding hydrogens is 286 g/mol. The highest BCUT2D eigenvalue weighted by atomic mass is 79.9. The summed E-state index contributed by atoms with van der Waals surface area (Å²) in [7, 11) is 0. The van der Waals surface area contributed by atoms with Crippen molar-refractivity contribution in [2.75, 3.05) is 11.4 Å². The van der Waals surface area contributed by atoms with Crippen molar-refractivity contribution in [1.29, 1.82) is 0 Å². The number of rotatable bonds is 2. The van der Waals surface area contributed by atoms with Crippen LogP contribution in [0.3, 0.4) is 0 Å². The third-order valence-corrected chi connectivity index (χ3v) is 4.21. The van der Waals surface area contributed by atoms with Crippen LogP contribution in [0.15, 0.2) is 27.6 Å². The normalized spacial score (nSPS) is 19.8. The van der Waals surface area contributed by atoms with Crippen LogP contribution in [0.1, 0.15) is 20.3 Å². The minimum Gasteiger partial charge on any atom is -0.310 e. The van der Waals surface area contributed by atoms with E-state index in [9.17, 15) is 4.79 Å². The fraction of sp³-hybridized carbons (Fsp3) is 0.417. The summed E-state index contributed by atoms with van der Waals surface area (Å²) in [5.74, 6) is 0.224. The maximum Gasteiger partial charge on any atom is 0.240 e. The zero-order valence-corrected chi connectivity index (χ0v) is 11.8. The van der Waals surface area contributed by atoms with Crippen molar-refractivity contribution < 1.29 is 4.79 Å². The number of hydrogen-bond acceptors (Lipinski definition) is 2. The van der Waals surface area contributed by atoms with E-state index in [-0.39, 0.29) is 11.2 Å². The summed E-state index contributed by atoms with van der Waals surface area (Å²) >= 11 is 5.11. The predicted molar refractivity (Wildman–Crippen MR) is 72.1 cm³/mol. The molecule has 86 valence electrons. The van der Waals surface area contributed by atoms with Crippen LogP contribution < -0.4 is 4.90 Å². The molecule has 1 aliphatic rings. The van der Waals surface area contributed by atoms with Gasteiger partial charge in [0.2, 0.25) is 5.91 Å². The standard InChI is InChI=1S/C12H14BrNOS/c1-3-6-14-10-5-4-9(13)7-11(10)16-8(2)12(14)15/h4-5,7-8H,3,6H2,1-2H3. The third kappa shape index (κ3) is 2.13. The summed E-state index contributed by atoms with van der Waals surface area (Å²) in [6.07, 6.45) is 0.985. The van der Waals surface area contributed by atoms with Gasteiger partial charge in [0.15, 0.2) is 0 Å². The predicted octanol–water partition coefficient (Wildman–Crippen LogP) is 3.69. The van der Waals surface area contributed by atoms with Crippen LogP contribution in [-0.4, -0.2) is 17.7 Å². The van der Waals surface area contributed by atoms with Gasteiger partial charge in [0.1, 0.15) is 0 Å². The van der Waals surface area contributed by atoms with Crippen LogP contribution in [0.25, 0.3) is 0 Å². The van der Waals surface area contributed by atoms with Crippen molar-refractivity contribution in [2.45, 2.75) is 30.4 Å². The Bertz CT molecular complexity index is 421. The van der Waals surface area contributed by atoms with E-state index in [1.165, 1.54) is 4.90 Å². The topological polar surface area (TPSA) is 20.3 Å². The van der Waals surface area contributed by atoms with Gasteiger partial charge >= 0.3 is 0 Å².